The van der Waals surface area contributed by atoms with Crippen LogP contribution in [0.1, 0.15) is 35.9 Å². The molecule has 0 amide bonds. The summed E-state index contributed by atoms with van der Waals surface area (Å²) < 4.78 is 7.60. The Morgan fingerprint density at radius 3 is 3.05 bits per heavy atom. The Kier molecular flexibility index (Phi) is 3.74. The second kappa shape index (κ2) is 5.52. The summed E-state index contributed by atoms with van der Waals surface area (Å²) in [4.78, 5) is 0. The van der Waals surface area contributed by atoms with Crippen molar-refractivity contribution >= 4 is 11.6 Å². The molecule has 1 unspecified atom stereocenters. The molecule has 6 heteroatoms. The number of aromatic nitrogens is 3. The van der Waals surface area contributed by atoms with Crippen LogP contribution in [-0.4, -0.2) is 21.6 Å². The molecule has 5 nitrogen and oxygen atoms in total. The Balaban J connectivity index is 2.13. The first-order valence-corrected chi connectivity index (χ1v) is 7.11. The summed E-state index contributed by atoms with van der Waals surface area (Å²) in [6.07, 6.45) is 2.04. The van der Waals surface area contributed by atoms with Crippen LogP contribution < -0.4 is 5.73 Å². The molecule has 1 fully saturated rings. The summed E-state index contributed by atoms with van der Waals surface area (Å²) in [6, 6.07) is 5.73. The summed E-state index contributed by atoms with van der Waals surface area (Å²) in [5.41, 5.74) is 9.53. The Bertz CT molecular complexity index is 620. The molecule has 106 valence electrons. The quantitative estimate of drug-likeness (QED) is 0.944. The van der Waals surface area contributed by atoms with Crippen LogP contribution >= 0.6 is 11.6 Å². The summed E-state index contributed by atoms with van der Waals surface area (Å²) in [6.45, 7) is 3.15. The van der Waals surface area contributed by atoms with Gasteiger partial charge in [0.25, 0.3) is 0 Å². The van der Waals surface area contributed by atoms with E-state index in [4.69, 9.17) is 22.1 Å². The zero-order valence-electron chi connectivity index (χ0n) is 11.3. The number of benzene rings is 1. The number of hydrogen-bond donors (Lipinski definition) is 1. The molecule has 0 bridgehead atoms. The summed E-state index contributed by atoms with van der Waals surface area (Å²) in [5, 5.41) is 9.12. The van der Waals surface area contributed by atoms with Crippen LogP contribution in [0, 0.1) is 6.92 Å². The van der Waals surface area contributed by atoms with Crippen LogP contribution in [0.3, 0.4) is 0 Å². The van der Waals surface area contributed by atoms with E-state index in [0.717, 1.165) is 42.1 Å². The van der Waals surface area contributed by atoms with Crippen molar-refractivity contribution in [1.82, 2.24) is 15.0 Å². The SMILES string of the molecule is Cc1ccc(Cl)cc1-n1nnc(CN)c1C1CCCO1. The zero-order chi connectivity index (χ0) is 14.1. The van der Waals surface area contributed by atoms with Gasteiger partial charge in [-0.25, -0.2) is 4.68 Å². The van der Waals surface area contributed by atoms with Gasteiger partial charge in [0.05, 0.1) is 11.4 Å². The molecule has 0 spiro atoms. The second-order valence-corrected chi connectivity index (χ2v) is 5.41. The highest BCUT2D eigenvalue weighted by atomic mass is 35.5. The molecule has 1 aromatic carbocycles. The molecule has 20 heavy (non-hydrogen) atoms. The third-order valence-corrected chi connectivity index (χ3v) is 3.84. The van der Waals surface area contributed by atoms with E-state index in [2.05, 4.69) is 10.3 Å². The van der Waals surface area contributed by atoms with Crippen molar-refractivity contribution in [3.8, 4) is 5.69 Å². The maximum absolute atomic E-state index is 6.10. The van der Waals surface area contributed by atoms with Gasteiger partial charge in [0.1, 0.15) is 11.8 Å². The van der Waals surface area contributed by atoms with Crippen LogP contribution in [0.25, 0.3) is 5.69 Å². The molecule has 1 atom stereocenters. The number of aryl methyl sites for hydroxylation is 1. The Morgan fingerprint density at radius 1 is 1.50 bits per heavy atom. The summed E-state index contributed by atoms with van der Waals surface area (Å²) >= 11 is 6.10. The first-order chi connectivity index (χ1) is 9.70. The molecule has 2 aromatic rings. The molecule has 0 radical (unpaired) electrons. The van der Waals surface area contributed by atoms with Crippen molar-refractivity contribution in [2.75, 3.05) is 6.61 Å². The van der Waals surface area contributed by atoms with Gasteiger partial charge in [0, 0.05) is 18.2 Å². The number of nitrogens with zero attached hydrogens (tertiary/aromatic N) is 3. The van der Waals surface area contributed by atoms with E-state index in [9.17, 15) is 0 Å². The number of ether oxygens (including phenoxy) is 1. The van der Waals surface area contributed by atoms with Crippen LogP contribution in [0.15, 0.2) is 18.2 Å². The van der Waals surface area contributed by atoms with Gasteiger partial charge in [0.2, 0.25) is 0 Å². The predicted octanol–water partition coefficient (Wildman–Crippen LogP) is 2.54. The highest BCUT2D eigenvalue weighted by molar-refractivity contribution is 6.30. The monoisotopic (exact) mass is 292 g/mol. The van der Waals surface area contributed by atoms with Crippen molar-refractivity contribution in [1.29, 1.82) is 0 Å². The lowest BCUT2D eigenvalue weighted by Gasteiger charge is -2.15. The van der Waals surface area contributed by atoms with Crippen molar-refractivity contribution in [3.05, 3.63) is 40.2 Å². The van der Waals surface area contributed by atoms with Crippen molar-refractivity contribution < 1.29 is 4.74 Å². The average molecular weight is 293 g/mol. The van der Waals surface area contributed by atoms with Crippen LogP contribution in [0.4, 0.5) is 0 Å². The van der Waals surface area contributed by atoms with E-state index < -0.39 is 0 Å². The van der Waals surface area contributed by atoms with E-state index in [1.165, 1.54) is 0 Å². The molecule has 2 heterocycles. The van der Waals surface area contributed by atoms with Gasteiger partial charge < -0.3 is 10.5 Å². The Hall–Kier alpha value is -1.43. The van der Waals surface area contributed by atoms with Gasteiger partial charge in [-0.05, 0) is 37.5 Å². The van der Waals surface area contributed by atoms with E-state index in [0.29, 0.717) is 11.6 Å². The van der Waals surface area contributed by atoms with Gasteiger partial charge >= 0.3 is 0 Å². The third kappa shape index (κ3) is 2.32. The molecule has 1 saturated heterocycles. The fourth-order valence-electron chi connectivity index (χ4n) is 2.57. The molecule has 0 saturated carbocycles. The summed E-state index contributed by atoms with van der Waals surface area (Å²) in [7, 11) is 0. The highest BCUT2D eigenvalue weighted by Crippen LogP contribution is 2.32. The van der Waals surface area contributed by atoms with Gasteiger partial charge in [0.15, 0.2) is 0 Å². The number of halogens is 1. The normalized spacial score (nSPS) is 18.6. The lowest BCUT2D eigenvalue weighted by Crippen LogP contribution is -2.11. The van der Waals surface area contributed by atoms with E-state index in [-0.39, 0.29) is 6.10 Å². The van der Waals surface area contributed by atoms with Crippen molar-refractivity contribution in [2.24, 2.45) is 5.73 Å². The molecule has 1 aliphatic heterocycles. The molecule has 2 N–H and O–H groups in total. The van der Waals surface area contributed by atoms with Gasteiger partial charge in [-0.2, -0.15) is 0 Å². The smallest absolute Gasteiger partial charge is 0.103 e. The number of rotatable bonds is 3. The fraction of sp³-hybridized carbons (Fsp3) is 0.429. The number of nitrogens with two attached hydrogens (primary N) is 1. The minimum atomic E-state index is 0.0157. The van der Waals surface area contributed by atoms with Crippen LogP contribution in [-0.2, 0) is 11.3 Å². The topological polar surface area (TPSA) is 66.0 Å². The van der Waals surface area contributed by atoms with Crippen molar-refractivity contribution in [3.63, 3.8) is 0 Å². The molecule has 1 aliphatic rings. The lowest BCUT2D eigenvalue weighted by molar-refractivity contribution is 0.106. The van der Waals surface area contributed by atoms with E-state index in [1.54, 1.807) is 0 Å². The minimum Gasteiger partial charge on any atom is -0.372 e. The first kappa shape index (κ1) is 13.5. The van der Waals surface area contributed by atoms with E-state index in [1.807, 2.05) is 29.8 Å². The standard InChI is InChI=1S/C14H17ClN4O/c1-9-4-5-10(15)7-12(9)19-14(11(8-16)17-18-19)13-3-2-6-20-13/h4-5,7,13H,2-3,6,8,16H2,1H3. The zero-order valence-corrected chi connectivity index (χ0v) is 12.1. The van der Waals surface area contributed by atoms with Gasteiger partial charge in [-0.3, -0.25) is 0 Å². The van der Waals surface area contributed by atoms with Crippen LogP contribution in [0.5, 0.6) is 0 Å². The maximum atomic E-state index is 6.10. The lowest BCUT2D eigenvalue weighted by atomic mass is 10.1. The molecular formula is C14H17ClN4O. The van der Waals surface area contributed by atoms with Crippen LogP contribution in [0.2, 0.25) is 5.02 Å². The second-order valence-electron chi connectivity index (χ2n) is 4.97. The maximum Gasteiger partial charge on any atom is 0.103 e. The van der Waals surface area contributed by atoms with E-state index >= 15 is 0 Å². The Labute approximate surface area is 122 Å². The molecule has 1 aromatic heterocycles. The van der Waals surface area contributed by atoms with Gasteiger partial charge in [-0.15, -0.1) is 5.10 Å². The first-order valence-electron chi connectivity index (χ1n) is 6.73. The average Bonchev–Trinajstić information content (AvgIpc) is 3.08. The third-order valence-electron chi connectivity index (χ3n) is 3.61. The largest absolute Gasteiger partial charge is 0.372 e. The van der Waals surface area contributed by atoms with Gasteiger partial charge in [-0.1, -0.05) is 22.9 Å². The highest BCUT2D eigenvalue weighted by Gasteiger charge is 2.27. The predicted molar refractivity (Wildman–Crippen MR) is 76.9 cm³/mol. The molecule has 3 rings (SSSR count). The fourth-order valence-corrected chi connectivity index (χ4v) is 2.74. The molecule has 0 aliphatic carbocycles. The Morgan fingerprint density at radius 2 is 2.35 bits per heavy atom. The molecular weight excluding hydrogens is 276 g/mol. The minimum absolute atomic E-state index is 0.0157. The van der Waals surface area contributed by atoms with Crippen molar-refractivity contribution in [2.45, 2.75) is 32.4 Å². The summed E-state index contributed by atoms with van der Waals surface area (Å²) in [5.74, 6) is 0. The number of hydrogen-bond acceptors (Lipinski definition) is 4.